The maximum Gasteiger partial charge on any atom is 0.0477 e. The summed E-state index contributed by atoms with van der Waals surface area (Å²) in [5, 5.41) is 7.73. The molecule has 0 aliphatic heterocycles. The van der Waals surface area contributed by atoms with Gasteiger partial charge < -0.3 is 21.5 Å². The number of rotatable bonds is 8. The molecule has 0 saturated carbocycles. The molecule has 1 aromatic carbocycles. The van der Waals surface area contributed by atoms with Crippen LogP contribution in [0.4, 0.5) is 11.4 Å². The van der Waals surface area contributed by atoms with Gasteiger partial charge in [0.2, 0.25) is 0 Å². The Morgan fingerprint density at radius 3 is 2.86 bits per heavy atom. The second-order valence-corrected chi connectivity index (χ2v) is 5.63. The number of nitrogen functional groups attached to an aromatic ring is 2. The van der Waals surface area contributed by atoms with E-state index in [0.717, 1.165) is 49.7 Å². The quantitative estimate of drug-likeness (QED) is 0.517. The Morgan fingerprint density at radius 1 is 1.19 bits per heavy atom. The topological polar surface area (TPSA) is 73.3 Å². The van der Waals surface area contributed by atoms with Crippen LogP contribution < -0.4 is 16.8 Å². The summed E-state index contributed by atoms with van der Waals surface area (Å²) < 4.78 is 5.32. The van der Waals surface area contributed by atoms with Crippen LogP contribution in [0.15, 0.2) is 29.0 Å². The van der Waals surface area contributed by atoms with Gasteiger partial charge >= 0.3 is 0 Å². The second-order valence-electron chi connectivity index (χ2n) is 4.88. The summed E-state index contributed by atoms with van der Waals surface area (Å²) in [4.78, 5) is 0. The summed E-state index contributed by atoms with van der Waals surface area (Å²) in [6.07, 6.45) is 1.02. The normalized spacial score (nSPS) is 10.9. The van der Waals surface area contributed by atoms with Crippen LogP contribution in [0.2, 0.25) is 0 Å². The van der Waals surface area contributed by atoms with E-state index in [4.69, 9.17) is 16.2 Å². The van der Waals surface area contributed by atoms with Gasteiger partial charge in [0.1, 0.15) is 0 Å². The molecule has 0 aliphatic rings. The highest BCUT2D eigenvalue weighted by Gasteiger charge is 2.09. The number of nitrogens with one attached hydrogen (secondary N) is 1. The molecule has 0 radical (unpaired) electrons. The Labute approximate surface area is 130 Å². The lowest BCUT2D eigenvalue weighted by Gasteiger charge is -2.09. The standard InChI is InChI=1S/C16H23N3OS/c1-2-20-7-3-6-19-9-12-10-21-11-15(12)14-8-13(17)4-5-16(14)18/h4-5,8,10-11,19H,2-3,6-7,9,17-18H2,1H3. The van der Waals surface area contributed by atoms with Gasteiger partial charge in [-0.1, -0.05) is 0 Å². The van der Waals surface area contributed by atoms with Crippen molar-refractivity contribution in [2.24, 2.45) is 0 Å². The van der Waals surface area contributed by atoms with E-state index < -0.39 is 0 Å². The third-order valence-corrected chi connectivity index (χ3v) is 4.06. The lowest BCUT2D eigenvalue weighted by molar-refractivity contribution is 0.144. The van der Waals surface area contributed by atoms with E-state index in [2.05, 4.69) is 16.1 Å². The Bertz CT molecular complexity index is 568. The summed E-state index contributed by atoms with van der Waals surface area (Å²) in [6, 6.07) is 5.63. The molecule has 0 spiro atoms. The molecule has 0 amide bonds. The first-order valence-electron chi connectivity index (χ1n) is 7.21. The van der Waals surface area contributed by atoms with Crippen molar-refractivity contribution in [2.75, 3.05) is 31.2 Å². The Morgan fingerprint density at radius 2 is 2.05 bits per heavy atom. The number of nitrogens with two attached hydrogens (primary N) is 2. The molecule has 114 valence electrons. The van der Waals surface area contributed by atoms with Crippen molar-refractivity contribution in [1.82, 2.24) is 5.32 Å². The first-order valence-corrected chi connectivity index (χ1v) is 8.15. The first kappa shape index (κ1) is 15.8. The van der Waals surface area contributed by atoms with E-state index >= 15 is 0 Å². The Balaban J connectivity index is 1.97. The molecule has 2 rings (SSSR count). The van der Waals surface area contributed by atoms with Crippen molar-refractivity contribution < 1.29 is 4.74 Å². The van der Waals surface area contributed by atoms with Crippen LogP contribution >= 0.6 is 11.3 Å². The van der Waals surface area contributed by atoms with Crippen LogP contribution in [0.1, 0.15) is 18.9 Å². The third kappa shape index (κ3) is 4.46. The van der Waals surface area contributed by atoms with Crippen molar-refractivity contribution in [3.05, 3.63) is 34.5 Å². The highest BCUT2D eigenvalue weighted by Crippen LogP contribution is 2.33. The molecule has 0 bridgehead atoms. The van der Waals surface area contributed by atoms with Gasteiger partial charge in [-0.25, -0.2) is 0 Å². The minimum Gasteiger partial charge on any atom is -0.399 e. The van der Waals surface area contributed by atoms with Crippen molar-refractivity contribution in [1.29, 1.82) is 0 Å². The smallest absolute Gasteiger partial charge is 0.0477 e. The van der Waals surface area contributed by atoms with Crippen LogP contribution in [0.5, 0.6) is 0 Å². The number of thiophene rings is 1. The third-order valence-electron chi connectivity index (χ3n) is 3.27. The van der Waals surface area contributed by atoms with E-state index in [1.165, 1.54) is 11.1 Å². The van der Waals surface area contributed by atoms with Gasteiger partial charge in [0, 0.05) is 36.7 Å². The van der Waals surface area contributed by atoms with Gasteiger partial charge in [-0.2, -0.15) is 11.3 Å². The molecule has 5 N–H and O–H groups in total. The predicted octanol–water partition coefficient (Wildman–Crippen LogP) is 3.10. The molecule has 4 nitrogen and oxygen atoms in total. The Hall–Kier alpha value is -1.56. The molecule has 0 atom stereocenters. The summed E-state index contributed by atoms with van der Waals surface area (Å²) in [5.74, 6) is 0. The van der Waals surface area contributed by atoms with E-state index in [-0.39, 0.29) is 0 Å². The summed E-state index contributed by atoms with van der Waals surface area (Å²) >= 11 is 1.69. The fraction of sp³-hybridized carbons (Fsp3) is 0.375. The SMILES string of the molecule is CCOCCCNCc1cscc1-c1cc(N)ccc1N. The molecule has 2 aromatic rings. The average molecular weight is 305 g/mol. The van der Waals surface area contributed by atoms with Gasteiger partial charge in [-0.3, -0.25) is 0 Å². The second kappa shape index (κ2) is 8.02. The molecule has 0 fully saturated rings. The number of benzene rings is 1. The molecule has 1 aromatic heterocycles. The first-order chi connectivity index (χ1) is 10.2. The minimum atomic E-state index is 0.737. The van der Waals surface area contributed by atoms with Gasteiger partial charge in [0.25, 0.3) is 0 Å². The maximum absolute atomic E-state index is 6.07. The molecule has 0 unspecified atom stereocenters. The molecular weight excluding hydrogens is 282 g/mol. The fourth-order valence-electron chi connectivity index (χ4n) is 2.17. The summed E-state index contributed by atoms with van der Waals surface area (Å²) in [7, 11) is 0. The average Bonchev–Trinajstić information content (AvgIpc) is 2.93. The number of hydrogen-bond acceptors (Lipinski definition) is 5. The molecular formula is C16H23N3OS. The maximum atomic E-state index is 6.07. The van der Waals surface area contributed by atoms with Crippen LogP contribution in [0.3, 0.4) is 0 Å². The number of ether oxygens (including phenoxy) is 1. The van der Waals surface area contributed by atoms with Gasteiger partial charge in [0.05, 0.1) is 0 Å². The zero-order valence-electron chi connectivity index (χ0n) is 12.4. The molecule has 0 saturated heterocycles. The minimum absolute atomic E-state index is 0.737. The largest absolute Gasteiger partial charge is 0.399 e. The number of hydrogen-bond donors (Lipinski definition) is 3. The van der Waals surface area contributed by atoms with Crippen LogP contribution in [-0.4, -0.2) is 19.8 Å². The zero-order valence-corrected chi connectivity index (χ0v) is 13.2. The van der Waals surface area contributed by atoms with Crippen molar-refractivity contribution >= 4 is 22.7 Å². The lowest BCUT2D eigenvalue weighted by atomic mass is 10.0. The zero-order chi connectivity index (χ0) is 15.1. The van der Waals surface area contributed by atoms with Gasteiger partial charge in [-0.15, -0.1) is 0 Å². The monoisotopic (exact) mass is 305 g/mol. The fourth-order valence-corrected chi connectivity index (χ4v) is 3.03. The van der Waals surface area contributed by atoms with Crippen LogP contribution in [-0.2, 0) is 11.3 Å². The van der Waals surface area contributed by atoms with E-state index in [1.54, 1.807) is 11.3 Å². The summed E-state index contributed by atoms with van der Waals surface area (Å²) in [6.45, 7) is 5.38. The molecule has 21 heavy (non-hydrogen) atoms. The number of anilines is 2. The molecule has 1 heterocycles. The molecule has 5 heteroatoms. The van der Waals surface area contributed by atoms with Crippen molar-refractivity contribution in [3.8, 4) is 11.1 Å². The lowest BCUT2D eigenvalue weighted by Crippen LogP contribution is -2.16. The van der Waals surface area contributed by atoms with E-state index in [0.29, 0.717) is 0 Å². The predicted molar refractivity (Wildman–Crippen MR) is 91.4 cm³/mol. The highest BCUT2D eigenvalue weighted by atomic mass is 32.1. The van der Waals surface area contributed by atoms with E-state index in [1.807, 2.05) is 25.1 Å². The van der Waals surface area contributed by atoms with Gasteiger partial charge in [0.15, 0.2) is 0 Å². The molecule has 0 aliphatic carbocycles. The highest BCUT2D eigenvalue weighted by molar-refractivity contribution is 7.08. The Kier molecular flexibility index (Phi) is 6.04. The van der Waals surface area contributed by atoms with Crippen LogP contribution in [0, 0.1) is 0 Å². The summed E-state index contributed by atoms with van der Waals surface area (Å²) in [5.41, 5.74) is 16.9. The van der Waals surface area contributed by atoms with Crippen LogP contribution in [0.25, 0.3) is 11.1 Å². The van der Waals surface area contributed by atoms with Crippen molar-refractivity contribution in [3.63, 3.8) is 0 Å². The van der Waals surface area contributed by atoms with Crippen molar-refractivity contribution in [2.45, 2.75) is 19.9 Å². The van der Waals surface area contributed by atoms with E-state index in [9.17, 15) is 0 Å². The van der Waals surface area contributed by atoms with Gasteiger partial charge in [-0.05, 0) is 60.0 Å².